The van der Waals surface area contributed by atoms with Gasteiger partial charge in [-0.1, -0.05) is 19.3 Å². The number of likely N-dealkylation sites (tertiary alicyclic amines) is 1. The molecule has 0 aromatic carbocycles. The predicted molar refractivity (Wildman–Crippen MR) is 88.3 cm³/mol. The van der Waals surface area contributed by atoms with Crippen molar-refractivity contribution in [3.8, 4) is 0 Å². The number of carbonyl (C=O) groups excluding carboxylic acids is 1. The highest BCUT2D eigenvalue weighted by Gasteiger charge is 2.37. The summed E-state index contributed by atoms with van der Waals surface area (Å²) >= 11 is 0. The second-order valence-electron chi connectivity index (χ2n) is 7.21. The molecule has 1 aliphatic heterocycles. The maximum Gasteiger partial charge on any atom is 0.225 e. The van der Waals surface area contributed by atoms with Gasteiger partial charge >= 0.3 is 0 Å². The Labute approximate surface area is 142 Å². The number of amides is 1. The number of hydrogen-bond donors (Lipinski definition) is 2. The van der Waals surface area contributed by atoms with Gasteiger partial charge in [0.25, 0.3) is 0 Å². The van der Waals surface area contributed by atoms with Crippen molar-refractivity contribution in [3.63, 3.8) is 0 Å². The Bertz CT molecular complexity index is 707. The summed E-state index contributed by atoms with van der Waals surface area (Å²) in [5, 5.41) is 17.2. The first-order chi connectivity index (χ1) is 11.3. The van der Waals surface area contributed by atoms with Crippen LogP contribution in [-0.2, 0) is 14.6 Å². The summed E-state index contributed by atoms with van der Waals surface area (Å²) in [6.45, 7) is 1.06. The number of hydrogen-bond acceptors (Lipinski definition) is 5. The first-order valence-corrected chi connectivity index (χ1v) is 10.4. The van der Waals surface area contributed by atoms with Crippen molar-refractivity contribution < 1.29 is 18.3 Å². The molecule has 7 nitrogen and oxygen atoms in total. The molecule has 1 atom stereocenters. The molecule has 3 rings (SSSR count). The topological polar surface area (TPSA) is 103 Å². The lowest BCUT2D eigenvalue weighted by atomic mass is 9.82. The van der Waals surface area contributed by atoms with Gasteiger partial charge < -0.3 is 10.0 Å². The fourth-order valence-electron chi connectivity index (χ4n) is 3.88. The van der Waals surface area contributed by atoms with Gasteiger partial charge in [0.15, 0.2) is 9.84 Å². The first-order valence-electron chi connectivity index (χ1n) is 8.52. The van der Waals surface area contributed by atoms with Gasteiger partial charge in [-0.25, -0.2) is 8.42 Å². The minimum Gasteiger partial charge on any atom is -0.389 e. The van der Waals surface area contributed by atoms with Crippen LogP contribution in [0.5, 0.6) is 0 Å². The zero-order chi connectivity index (χ0) is 17.4. The average molecular weight is 355 g/mol. The van der Waals surface area contributed by atoms with Crippen LogP contribution in [0.1, 0.15) is 56.6 Å². The molecular formula is C16H25N3O4S. The molecule has 1 unspecified atom stereocenters. The van der Waals surface area contributed by atoms with Crippen molar-refractivity contribution in [1.82, 2.24) is 15.1 Å². The number of aromatic nitrogens is 2. The fraction of sp³-hybridized carbons (Fsp3) is 0.750. The summed E-state index contributed by atoms with van der Waals surface area (Å²) < 4.78 is 23.6. The lowest BCUT2D eigenvalue weighted by molar-refractivity contribution is -0.136. The largest absolute Gasteiger partial charge is 0.389 e. The SMILES string of the molecule is CS(=O)(=O)c1cn[nH]c1C1CCN(C(=O)CC2(O)CCCCC2)C1. The van der Waals surface area contributed by atoms with E-state index >= 15 is 0 Å². The third kappa shape index (κ3) is 3.64. The molecule has 1 saturated heterocycles. The summed E-state index contributed by atoms with van der Waals surface area (Å²) in [4.78, 5) is 14.5. The fourth-order valence-corrected chi connectivity index (χ4v) is 4.73. The molecule has 1 saturated carbocycles. The van der Waals surface area contributed by atoms with Crippen LogP contribution in [-0.4, -0.2) is 59.5 Å². The van der Waals surface area contributed by atoms with Gasteiger partial charge in [0.05, 0.1) is 23.9 Å². The van der Waals surface area contributed by atoms with Crippen LogP contribution >= 0.6 is 0 Å². The monoisotopic (exact) mass is 355 g/mol. The van der Waals surface area contributed by atoms with Crippen molar-refractivity contribution in [3.05, 3.63) is 11.9 Å². The van der Waals surface area contributed by atoms with Crippen LogP contribution in [0.4, 0.5) is 0 Å². The first kappa shape index (κ1) is 17.4. The molecule has 1 aliphatic carbocycles. The molecule has 24 heavy (non-hydrogen) atoms. The highest BCUT2D eigenvalue weighted by molar-refractivity contribution is 7.90. The van der Waals surface area contributed by atoms with Crippen molar-refractivity contribution in [1.29, 1.82) is 0 Å². The van der Waals surface area contributed by atoms with Gasteiger partial charge in [-0.15, -0.1) is 0 Å². The van der Waals surface area contributed by atoms with E-state index in [1.54, 1.807) is 4.90 Å². The number of aromatic amines is 1. The van der Waals surface area contributed by atoms with Gasteiger partial charge in [0, 0.05) is 25.3 Å². The van der Waals surface area contributed by atoms with Gasteiger partial charge in [0.1, 0.15) is 4.90 Å². The Hall–Kier alpha value is -1.41. The normalized spacial score (nSPS) is 24.2. The third-order valence-corrected chi connectivity index (χ3v) is 6.37. The standard InChI is InChI=1S/C16H25N3O4S/c1-24(22,23)13-10-17-18-15(13)12-5-8-19(11-12)14(20)9-16(21)6-3-2-4-7-16/h10,12,21H,2-9,11H2,1H3,(H,17,18). The van der Waals surface area contributed by atoms with Crippen LogP contribution in [0.2, 0.25) is 0 Å². The lowest BCUT2D eigenvalue weighted by Crippen LogP contribution is -2.39. The Morgan fingerprint density at radius 3 is 2.79 bits per heavy atom. The number of nitrogens with zero attached hydrogens (tertiary/aromatic N) is 2. The summed E-state index contributed by atoms with van der Waals surface area (Å²) in [6.07, 6.45) is 7.81. The van der Waals surface area contributed by atoms with Gasteiger partial charge in [-0.3, -0.25) is 9.89 Å². The zero-order valence-electron chi connectivity index (χ0n) is 14.0. The maximum atomic E-state index is 12.5. The quantitative estimate of drug-likeness (QED) is 0.845. The highest BCUT2D eigenvalue weighted by atomic mass is 32.2. The van der Waals surface area contributed by atoms with E-state index in [0.29, 0.717) is 38.0 Å². The number of nitrogens with one attached hydrogen (secondary N) is 1. The number of H-pyrrole nitrogens is 1. The summed E-state index contributed by atoms with van der Waals surface area (Å²) in [6, 6.07) is 0. The molecule has 8 heteroatoms. The molecule has 1 aromatic heterocycles. The molecule has 2 N–H and O–H groups in total. The molecule has 2 fully saturated rings. The Kier molecular flexibility index (Phi) is 4.70. The third-order valence-electron chi connectivity index (χ3n) is 5.25. The van der Waals surface area contributed by atoms with E-state index in [-0.39, 0.29) is 23.1 Å². The molecule has 134 valence electrons. The van der Waals surface area contributed by atoms with E-state index in [1.165, 1.54) is 6.20 Å². The minimum atomic E-state index is -3.33. The average Bonchev–Trinajstić information content (AvgIpc) is 3.16. The Morgan fingerprint density at radius 2 is 2.12 bits per heavy atom. The van der Waals surface area contributed by atoms with Crippen LogP contribution in [0, 0.1) is 0 Å². The van der Waals surface area contributed by atoms with Gasteiger partial charge in [-0.05, 0) is 19.3 Å². The Balaban J connectivity index is 1.65. The number of rotatable bonds is 4. The smallest absolute Gasteiger partial charge is 0.225 e. The summed E-state index contributed by atoms with van der Waals surface area (Å²) in [5.41, 5.74) is -0.275. The van der Waals surface area contributed by atoms with E-state index in [0.717, 1.165) is 25.5 Å². The highest BCUT2D eigenvalue weighted by Crippen LogP contribution is 2.34. The molecule has 0 radical (unpaired) electrons. The van der Waals surface area contributed by atoms with Crippen molar-refractivity contribution in [2.24, 2.45) is 0 Å². The predicted octanol–water partition coefficient (Wildman–Crippen LogP) is 1.21. The Morgan fingerprint density at radius 1 is 1.42 bits per heavy atom. The molecular weight excluding hydrogens is 330 g/mol. The molecule has 2 aliphatic rings. The van der Waals surface area contributed by atoms with E-state index in [2.05, 4.69) is 10.2 Å². The van der Waals surface area contributed by atoms with Crippen LogP contribution < -0.4 is 0 Å². The van der Waals surface area contributed by atoms with Crippen LogP contribution in [0.15, 0.2) is 11.1 Å². The minimum absolute atomic E-state index is 0.0395. The van der Waals surface area contributed by atoms with Gasteiger partial charge in [0.2, 0.25) is 5.91 Å². The van der Waals surface area contributed by atoms with E-state index in [4.69, 9.17) is 0 Å². The maximum absolute atomic E-state index is 12.5. The van der Waals surface area contributed by atoms with Gasteiger partial charge in [-0.2, -0.15) is 5.10 Å². The summed E-state index contributed by atoms with van der Waals surface area (Å²) in [5.74, 6) is -0.0931. The lowest BCUT2D eigenvalue weighted by Gasteiger charge is -2.32. The molecule has 0 bridgehead atoms. The molecule has 1 aromatic rings. The zero-order valence-corrected chi connectivity index (χ0v) is 14.8. The number of sulfone groups is 1. The van der Waals surface area contributed by atoms with Crippen LogP contribution in [0.25, 0.3) is 0 Å². The van der Waals surface area contributed by atoms with Crippen LogP contribution in [0.3, 0.4) is 0 Å². The van der Waals surface area contributed by atoms with E-state index in [9.17, 15) is 18.3 Å². The molecule has 0 spiro atoms. The summed E-state index contributed by atoms with van der Waals surface area (Å²) in [7, 11) is -3.33. The van der Waals surface area contributed by atoms with Crippen molar-refractivity contribution in [2.45, 2.75) is 61.4 Å². The van der Waals surface area contributed by atoms with Crippen molar-refractivity contribution >= 4 is 15.7 Å². The number of carbonyl (C=O) groups is 1. The second kappa shape index (κ2) is 6.48. The number of aliphatic hydroxyl groups is 1. The second-order valence-corrected chi connectivity index (χ2v) is 9.19. The van der Waals surface area contributed by atoms with Crippen molar-refractivity contribution in [2.75, 3.05) is 19.3 Å². The van der Waals surface area contributed by atoms with E-state index in [1.807, 2.05) is 0 Å². The molecule has 2 heterocycles. The van der Waals surface area contributed by atoms with E-state index < -0.39 is 15.4 Å². The molecule has 1 amide bonds.